The highest BCUT2D eigenvalue weighted by Crippen LogP contribution is 2.28. The van der Waals surface area contributed by atoms with Crippen LogP contribution < -0.4 is 15.4 Å². The van der Waals surface area contributed by atoms with Crippen molar-refractivity contribution in [3.8, 4) is 5.75 Å². The molecule has 0 fully saturated rings. The average molecular weight is 501 g/mol. The number of carbonyl (C=O) groups is 3. The average Bonchev–Trinajstić information content (AvgIpc) is 2.89. The van der Waals surface area contributed by atoms with Gasteiger partial charge < -0.3 is 15.4 Å². The van der Waals surface area contributed by atoms with Crippen LogP contribution in [0, 0.1) is 6.92 Å². The van der Waals surface area contributed by atoms with E-state index >= 15 is 0 Å². The standard InChI is InChI=1S/C31H36N2O4/c1-6-28(37-25-18-14-23(15-19-25)31(4,5)7-2)30(36)32-24-16-12-22(13-17-24)27(34)20-29(35)33-26-11-9-8-10-21(26)3/h8-19,28H,6-7,20H2,1-5H3,(H,32,36)(H,33,35). The quantitative estimate of drug-likeness (QED) is 0.227. The summed E-state index contributed by atoms with van der Waals surface area (Å²) in [4.78, 5) is 37.7. The van der Waals surface area contributed by atoms with Gasteiger partial charge in [0, 0.05) is 16.9 Å². The third-order valence-electron chi connectivity index (χ3n) is 6.68. The van der Waals surface area contributed by atoms with Crippen molar-refractivity contribution >= 4 is 29.0 Å². The Morgan fingerprint density at radius 2 is 1.51 bits per heavy atom. The van der Waals surface area contributed by atoms with E-state index in [0.29, 0.717) is 29.1 Å². The Hall–Kier alpha value is -3.93. The molecule has 0 aliphatic carbocycles. The molecule has 1 unspecified atom stereocenters. The lowest BCUT2D eigenvalue weighted by atomic mass is 9.82. The van der Waals surface area contributed by atoms with Gasteiger partial charge in [-0.2, -0.15) is 0 Å². The monoisotopic (exact) mass is 500 g/mol. The SMILES string of the molecule is CCC(Oc1ccc(C(C)(C)CC)cc1)C(=O)Nc1ccc(C(=O)CC(=O)Nc2ccccc2C)cc1. The lowest BCUT2D eigenvalue weighted by molar-refractivity contribution is -0.122. The van der Waals surface area contributed by atoms with E-state index in [1.807, 2.05) is 56.3 Å². The van der Waals surface area contributed by atoms with Crippen LogP contribution in [0.15, 0.2) is 72.8 Å². The van der Waals surface area contributed by atoms with Gasteiger partial charge in [-0.15, -0.1) is 0 Å². The number of nitrogens with one attached hydrogen (secondary N) is 2. The molecule has 6 nitrogen and oxygen atoms in total. The van der Waals surface area contributed by atoms with Gasteiger partial charge in [-0.05, 0) is 78.8 Å². The largest absolute Gasteiger partial charge is 0.481 e. The van der Waals surface area contributed by atoms with Crippen molar-refractivity contribution in [2.24, 2.45) is 0 Å². The molecule has 3 rings (SSSR count). The van der Waals surface area contributed by atoms with Crippen molar-refractivity contribution in [1.29, 1.82) is 0 Å². The second-order valence-electron chi connectivity index (χ2n) is 9.81. The molecule has 0 aliphatic rings. The maximum Gasteiger partial charge on any atom is 0.265 e. The topological polar surface area (TPSA) is 84.5 Å². The third-order valence-corrected chi connectivity index (χ3v) is 6.68. The van der Waals surface area contributed by atoms with Gasteiger partial charge in [-0.3, -0.25) is 14.4 Å². The highest BCUT2D eigenvalue weighted by molar-refractivity contribution is 6.11. The zero-order valence-corrected chi connectivity index (χ0v) is 22.3. The molecule has 0 heterocycles. The Bertz CT molecular complexity index is 1230. The van der Waals surface area contributed by atoms with Gasteiger partial charge in [0.05, 0.1) is 6.42 Å². The summed E-state index contributed by atoms with van der Waals surface area (Å²) < 4.78 is 5.95. The van der Waals surface area contributed by atoms with Crippen molar-refractivity contribution in [3.63, 3.8) is 0 Å². The van der Waals surface area contributed by atoms with Crippen molar-refractivity contribution in [2.45, 2.75) is 65.4 Å². The van der Waals surface area contributed by atoms with E-state index in [1.165, 1.54) is 5.56 Å². The molecule has 0 bridgehead atoms. The molecule has 0 aromatic heterocycles. The fraction of sp³-hybridized carbons (Fsp3) is 0.323. The summed E-state index contributed by atoms with van der Waals surface area (Å²) in [6, 6.07) is 21.8. The number of rotatable bonds is 11. The number of benzene rings is 3. The number of amides is 2. The summed E-state index contributed by atoms with van der Waals surface area (Å²) in [5, 5.41) is 5.62. The maximum atomic E-state index is 12.8. The number of hydrogen-bond donors (Lipinski definition) is 2. The van der Waals surface area contributed by atoms with Gasteiger partial charge in [-0.1, -0.05) is 58.0 Å². The van der Waals surface area contributed by atoms with Crippen molar-refractivity contribution in [3.05, 3.63) is 89.5 Å². The van der Waals surface area contributed by atoms with Crippen molar-refractivity contribution in [1.82, 2.24) is 0 Å². The molecule has 0 radical (unpaired) electrons. The van der Waals surface area contributed by atoms with Crippen LogP contribution in [0.1, 0.15) is 68.4 Å². The van der Waals surface area contributed by atoms with Gasteiger partial charge >= 0.3 is 0 Å². The summed E-state index contributed by atoms with van der Waals surface area (Å²) in [6.07, 6.45) is 0.607. The molecule has 0 saturated carbocycles. The molecule has 3 aromatic carbocycles. The van der Waals surface area contributed by atoms with Gasteiger partial charge in [-0.25, -0.2) is 0 Å². The Morgan fingerprint density at radius 3 is 2.11 bits per heavy atom. The second kappa shape index (κ2) is 12.3. The lowest BCUT2D eigenvalue weighted by Crippen LogP contribution is -2.32. The first-order valence-corrected chi connectivity index (χ1v) is 12.7. The molecule has 3 aromatic rings. The van der Waals surface area contributed by atoms with E-state index < -0.39 is 6.10 Å². The number of ether oxygens (including phenoxy) is 1. The second-order valence-corrected chi connectivity index (χ2v) is 9.81. The Kier molecular flexibility index (Phi) is 9.23. The first-order valence-electron chi connectivity index (χ1n) is 12.7. The Morgan fingerprint density at radius 1 is 0.865 bits per heavy atom. The van der Waals surface area contributed by atoms with Crippen LogP contribution >= 0.6 is 0 Å². The van der Waals surface area contributed by atoms with E-state index in [2.05, 4.69) is 31.4 Å². The number of para-hydroxylation sites is 1. The molecular formula is C31H36N2O4. The molecule has 1 atom stereocenters. The zero-order chi connectivity index (χ0) is 27.0. The van der Waals surface area contributed by atoms with Gasteiger partial charge in [0.1, 0.15) is 5.75 Å². The molecular weight excluding hydrogens is 464 g/mol. The minimum Gasteiger partial charge on any atom is -0.481 e. The van der Waals surface area contributed by atoms with Crippen LogP contribution in [0.2, 0.25) is 0 Å². The number of hydrogen-bond acceptors (Lipinski definition) is 4. The van der Waals surface area contributed by atoms with Crippen molar-refractivity contribution < 1.29 is 19.1 Å². The van der Waals surface area contributed by atoms with Crippen LogP contribution in [-0.2, 0) is 15.0 Å². The van der Waals surface area contributed by atoms with Crippen LogP contribution in [0.3, 0.4) is 0 Å². The van der Waals surface area contributed by atoms with E-state index in [-0.39, 0.29) is 29.4 Å². The summed E-state index contributed by atoms with van der Waals surface area (Å²) in [7, 11) is 0. The van der Waals surface area contributed by atoms with E-state index in [4.69, 9.17) is 4.74 Å². The molecule has 0 saturated heterocycles. The van der Waals surface area contributed by atoms with Crippen LogP contribution in [0.4, 0.5) is 11.4 Å². The first-order chi connectivity index (χ1) is 17.6. The summed E-state index contributed by atoms with van der Waals surface area (Å²) in [5.74, 6) is -0.293. The fourth-order valence-corrected chi connectivity index (χ4v) is 3.79. The van der Waals surface area contributed by atoms with Crippen LogP contribution in [-0.4, -0.2) is 23.7 Å². The third kappa shape index (κ3) is 7.53. The molecule has 0 aliphatic heterocycles. The van der Waals surface area contributed by atoms with Gasteiger partial charge in [0.15, 0.2) is 11.9 Å². The highest BCUT2D eigenvalue weighted by atomic mass is 16.5. The molecule has 2 N–H and O–H groups in total. The number of Topliss-reactive ketones (excluding diaryl/α,β-unsaturated/α-hetero) is 1. The maximum absolute atomic E-state index is 12.8. The number of carbonyl (C=O) groups excluding carboxylic acids is 3. The summed E-state index contributed by atoms with van der Waals surface area (Å²) in [5.41, 5.74) is 3.87. The lowest BCUT2D eigenvalue weighted by Gasteiger charge is -2.24. The summed E-state index contributed by atoms with van der Waals surface area (Å²) in [6.45, 7) is 10.3. The Labute approximate surface area is 219 Å². The zero-order valence-electron chi connectivity index (χ0n) is 22.3. The highest BCUT2D eigenvalue weighted by Gasteiger charge is 2.21. The minimum atomic E-state index is -0.656. The molecule has 0 spiro atoms. The van der Waals surface area contributed by atoms with Gasteiger partial charge in [0.2, 0.25) is 5.91 Å². The molecule has 37 heavy (non-hydrogen) atoms. The van der Waals surface area contributed by atoms with Crippen molar-refractivity contribution in [2.75, 3.05) is 10.6 Å². The van der Waals surface area contributed by atoms with E-state index in [1.54, 1.807) is 30.3 Å². The number of anilines is 2. The van der Waals surface area contributed by atoms with Crippen LogP contribution in [0.25, 0.3) is 0 Å². The number of ketones is 1. The molecule has 2 amide bonds. The molecule has 194 valence electrons. The fourth-order valence-electron chi connectivity index (χ4n) is 3.79. The predicted octanol–water partition coefficient (Wildman–Crippen LogP) is 6.69. The smallest absolute Gasteiger partial charge is 0.265 e. The predicted molar refractivity (Wildman–Crippen MR) is 148 cm³/mol. The minimum absolute atomic E-state index is 0.0817. The summed E-state index contributed by atoms with van der Waals surface area (Å²) >= 11 is 0. The first kappa shape index (κ1) is 27.7. The number of aryl methyl sites for hydroxylation is 1. The van der Waals surface area contributed by atoms with Gasteiger partial charge in [0.25, 0.3) is 5.91 Å². The normalized spacial score (nSPS) is 11.9. The van der Waals surface area contributed by atoms with Crippen LogP contribution in [0.5, 0.6) is 5.75 Å². The van der Waals surface area contributed by atoms with E-state index in [0.717, 1.165) is 12.0 Å². The van der Waals surface area contributed by atoms with E-state index in [9.17, 15) is 14.4 Å². The molecule has 6 heteroatoms. The Balaban J connectivity index is 1.56.